The molecule has 0 unspecified atom stereocenters. The summed E-state index contributed by atoms with van der Waals surface area (Å²) < 4.78 is 18.5. The van der Waals surface area contributed by atoms with Crippen LogP contribution in [0, 0.1) is 5.82 Å². The lowest BCUT2D eigenvalue weighted by Crippen LogP contribution is -2.53. The van der Waals surface area contributed by atoms with E-state index in [1.54, 1.807) is 15.9 Å². The number of carbonyl (C=O) groups is 2. The van der Waals surface area contributed by atoms with E-state index in [0.717, 1.165) is 13.1 Å². The molecule has 6 nitrogen and oxygen atoms in total. The normalized spacial score (nSPS) is 19.4. The molecule has 24 heavy (non-hydrogen) atoms. The fourth-order valence-electron chi connectivity index (χ4n) is 3.01. The summed E-state index contributed by atoms with van der Waals surface area (Å²) in [4.78, 5) is 30.3. The third kappa shape index (κ3) is 4.10. The van der Waals surface area contributed by atoms with Crippen molar-refractivity contribution < 1.29 is 18.7 Å². The van der Waals surface area contributed by atoms with E-state index in [0.29, 0.717) is 51.5 Å². The van der Waals surface area contributed by atoms with E-state index in [4.69, 9.17) is 4.74 Å². The molecule has 2 heterocycles. The number of ether oxygens (including phenoxy) is 1. The summed E-state index contributed by atoms with van der Waals surface area (Å²) in [5.74, 6) is -0.510. The van der Waals surface area contributed by atoms with Gasteiger partial charge in [0.05, 0.1) is 19.8 Å². The first kappa shape index (κ1) is 16.9. The van der Waals surface area contributed by atoms with Crippen LogP contribution < -0.4 is 0 Å². The van der Waals surface area contributed by atoms with E-state index in [9.17, 15) is 14.0 Å². The lowest BCUT2D eigenvalue weighted by molar-refractivity contribution is -0.134. The maximum absolute atomic E-state index is 13.2. The van der Waals surface area contributed by atoms with E-state index >= 15 is 0 Å². The van der Waals surface area contributed by atoms with Crippen LogP contribution >= 0.6 is 0 Å². The molecule has 7 heteroatoms. The zero-order valence-electron chi connectivity index (χ0n) is 13.6. The lowest BCUT2D eigenvalue weighted by atomic mass is 10.1. The minimum absolute atomic E-state index is 0.0924. The Morgan fingerprint density at radius 3 is 2.33 bits per heavy atom. The van der Waals surface area contributed by atoms with E-state index in [-0.39, 0.29) is 11.8 Å². The average Bonchev–Trinajstić information content (AvgIpc) is 2.62. The number of halogens is 1. The Labute approximate surface area is 140 Å². The molecule has 0 saturated carbocycles. The predicted octanol–water partition coefficient (Wildman–Crippen LogP) is 0.442. The van der Waals surface area contributed by atoms with Gasteiger partial charge in [0.25, 0.3) is 5.91 Å². The molecule has 0 aromatic heterocycles. The van der Waals surface area contributed by atoms with Gasteiger partial charge in [-0.1, -0.05) is 6.07 Å². The molecule has 0 radical (unpaired) electrons. The molecule has 130 valence electrons. The maximum atomic E-state index is 13.2. The number of rotatable bonds is 3. The molecule has 0 atom stereocenters. The van der Waals surface area contributed by atoms with Crippen molar-refractivity contribution in [2.75, 3.05) is 59.0 Å². The standard InChI is InChI=1S/C17H22FN3O3/c18-15-3-1-2-14(12-15)17(23)21-6-4-20(5-7-21)16(22)13-19-8-10-24-11-9-19/h1-3,12H,4-11,13H2. The van der Waals surface area contributed by atoms with Crippen molar-refractivity contribution in [3.05, 3.63) is 35.6 Å². The molecule has 2 fully saturated rings. The summed E-state index contributed by atoms with van der Waals surface area (Å²) in [6, 6.07) is 5.71. The van der Waals surface area contributed by atoms with Crippen LogP contribution in [0.1, 0.15) is 10.4 Å². The number of hydrogen-bond donors (Lipinski definition) is 0. The van der Waals surface area contributed by atoms with Gasteiger partial charge in [0.15, 0.2) is 0 Å². The monoisotopic (exact) mass is 335 g/mol. The smallest absolute Gasteiger partial charge is 0.254 e. The molecular formula is C17H22FN3O3. The number of piperazine rings is 1. The van der Waals surface area contributed by atoms with E-state index in [2.05, 4.69) is 4.90 Å². The second-order valence-electron chi connectivity index (χ2n) is 6.07. The van der Waals surface area contributed by atoms with Crippen LogP contribution in [0.15, 0.2) is 24.3 Å². The predicted molar refractivity (Wildman–Crippen MR) is 86.1 cm³/mol. The Bertz CT molecular complexity index is 596. The van der Waals surface area contributed by atoms with Crippen LogP contribution in [0.2, 0.25) is 0 Å². The Kier molecular flexibility index (Phi) is 5.42. The van der Waals surface area contributed by atoms with Gasteiger partial charge in [0.1, 0.15) is 5.82 Å². The molecule has 3 rings (SSSR count). The summed E-state index contributed by atoms with van der Waals surface area (Å²) in [5, 5.41) is 0. The quantitative estimate of drug-likeness (QED) is 0.804. The zero-order valence-corrected chi connectivity index (χ0v) is 13.6. The first-order valence-corrected chi connectivity index (χ1v) is 8.26. The van der Waals surface area contributed by atoms with Crippen molar-refractivity contribution >= 4 is 11.8 Å². The van der Waals surface area contributed by atoms with Crippen molar-refractivity contribution in [1.82, 2.24) is 14.7 Å². The first-order valence-electron chi connectivity index (χ1n) is 8.26. The summed E-state index contributed by atoms with van der Waals surface area (Å²) in [6.45, 7) is 5.30. The molecule has 0 aliphatic carbocycles. The highest BCUT2D eigenvalue weighted by Gasteiger charge is 2.26. The molecule has 2 amide bonds. The third-order valence-corrected chi connectivity index (χ3v) is 4.45. The molecule has 0 N–H and O–H groups in total. The number of hydrogen-bond acceptors (Lipinski definition) is 4. The number of benzene rings is 1. The molecule has 2 saturated heterocycles. The first-order chi connectivity index (χ1) is 11.6. The van der Waals surface area contributed by atoms with E-state index < -0.39 is 5.82 Å². The summed E-state index contributed by atoms with van der Waals surface area (Å²) in [6.07, 6.45) is 0. The topological polar surface area (TPSA) is 53.1 Å². The largest absolute Gasteiger partial charge is 0.379 e. The van der Waals surface area contributed by atoms with Gasteiger partial charge in [-0.05, 0) is 18.2 Å². The van der Waals surface area contributed by atoms with Crippen molar-refractivity contribution in [2.24, 2.45) is 0 Å². The Hall–Kier alpha value is -1.99. The van der Waals surface area contributed by atoms with Gasteiger partial charge >= 0.3 is 0 Å². The third-order valence-electron chi connectivity index (χ3n) is 4.45. The van der Waals surface area contributed by atoms with Gasteiger partial charge in [0, 0.05) is 44.8 Å². The number of morpholine rings is 1. The molecular weight excluding hydrogens is 313 g/mol. The van der Waals surface area contributed by atoms with Crippen LogP contribution in [0.3, 0.4) is 0 Å². The van der Waals surface area contributed by atoms with Gasteiger partial charge in [0.2, 0.25) is 5.91 Å². The van der Waals surface area contributed by atoms with Crippen LogP contribution in [0.5, 0.6) is 0 Å². The summed E-state index contributed by atoms with van der Waals surface area (Å²) >= 11 is 0. The van der Waals surface area contributed by atoms with Crippen molar-refractivity contribution in [1.29, 1.82) is 0 Å². The Morgan fingerprint density at radius 1 is 1.00 bits per heavy atom. The summed E-state index contributed by atoms with van der Waals surface area (Å²) in [7, 11) is 0. The van der Waals surface area contributed by atoms with Gasteiger partial charge in [-0.15, -0.1) is 0 Å². The highest BCUT2D eigenvalue weighted by atomic mass is 19.1. The molecule has 1 aromatic carbocycles. The van der Waals surface area contributed by atoms with Crippen molar-refractivity contribution in [3.63, 3.8) is 0 Å². The fourth-order valence-corrected chi connectivity index (χ4v) is 3.01. The van der Waals surface area contributed by atoms with Gasteiger partial charge in [-0.25, -0.2) is 4.39 Å². The maximum Gasteiger partial charge on any atom is 0.254 e. The average molecular weight is 335 g/mol. The van der Waals surface area contributed by atoms with Gasteiger partial charge in [-0.3, -0.25) is 14.5 Å². The van der Waals surface area contributed by atoms with Crippen LogP contribution in [0.25, 0.3) is 0 Å². The van der Waals surface area contributed by atoms with Gasteiger partial charge in [-0.2, -0.15) is 0 Å². The van der Waals surface area contributed by atoms with Crippen molar-refractivity contribution in [3.8, 4) is 0 Å². The highest BCUT2D eigenvalue weighted by Crippen LogP contribution is 2.11. The summed E-state index contributed by atoms with van der Waals surface area (Å²) in [5.41, 5.74) is 0.350. The van der Waals surface area contributed by atoms with Crippen LogP contribution in [-0.2, 0) is 9.53 Å². The Balaban J connectivity index is 1.50. The molecule has 1 aromatic rings. The molecule has 2 aliphatic rings. The fraction of sp³-hybridized carbons (Fsp3) is 0.529. The highest BCUT2D eigenvalue weighted by molar-refractivity contribution is 5.94. The van der Waals surface area contributed by atoms with Crippen molar-refractivity contribution in [2.45, 2.75) is 0 Å². The molecule has 0 spiro atoms. The molecule has 0 bridgehead atoms. The SMILES string of the molecule is O=C(CN1CCOCC1)N1CCN(C(=O)c2cccc(F)c2)CC1. The van der Waals surface area contributed by atoms with E-state index in [1.807, 2.05) is 0 Å². The number of nitrogens with zero attached hydrogens (tertiary/aromatic N) is 3. The number of carbonyl (C=O) groups excluding carboxylic acids is 2. The minimum atomic E-state index is -0.417. The minimum Gasteiger partial charge on any atom is -0.379 e. The second kappa shape index (κ2) is 7.72. The molecule has 2 aliphatic heterocycles. The lowest BCUT2D eigenvalue weighted by Gasteiger charge is -2.36. The van der Waals surface area contributed by atoms with Crippen LogP contribution in [-0.4, -0.2) is 85.5 Å². The van der Waals surface area contributed by atoms with E-state index in [1.165, 1.54) is 18.2 Å². The van der Waals surface area contributed by atoms with Crippen LogP contribution in [0.4, 0.5) is 4.39 Å². The number of amides is 2. The Morgan fingerprint density at radius 2 is 1.67 bits per heavy atom. The second-order valence-corrected chi connectivity index (χ2v) is 6.07. The zero-order chi connectivity index (χ0) is 16.9. The van der Waals surface area contributed by atoms with Gasteiger partial charge < -0.3 is 14.5 Å².